The SMILES string of the molecule is CN=C(NCCc1nccn1Cc1ccccc1)NCc1ccc(OC)cc1OC. The number of nitrogens with one attached hydrogen (secondary N) is 2. The van der Waals surface area contributed by atoms with Gasteiger partial charge < -0.3 is 24.7 Å². The van der Waals surface area contributed by atoms with Crippen LogP contribution in [0.15, 0.2) is 65.9 Å². The van der Waals surface area contributed by atoms with Crippen LogP contribution < -0.4 is 20.1 Å². The van der Waals surface area contributed by atoms with Gasteiger partial charge in [0, 0.05) is 57.1 Å². The van der Waals surface area contributed by atoms with Crippen LogP contribution in [0.2, 0.25) is 0 Å². The number of imidazole rings is 1. The van der Waals surface area contributed by atoms with Crippen LogP contribution in [0, 0.1) is 0 Å². The largest absolute Gasteiger partial charge is 0.497 e. The molecule has 0 saturated heterocycles. The molecule has 1 heterocycles. The summed E-state index contributed by atoms with van der Waals surface area (Å²) in [6.45, 7) is 2.14. The van der Waals surface area contributed by atoms with Crippen molar-refractivity contribution in [3.05, 3.63) is 77.9 Å². The van der Waals surface area contributed by atoms with Crippen LogP contribution in [-0.4, -0.2) is 43.3 Å². The predicted molar refractivity (Wildman–Crippen MR) is 119 cm³/mol. The molecule has 0 atom stereocenters. The Morgan fingerprint density at radius 2 is 1.90 bits per heavy atom. The Hall–Kier alpha value is -3.48. The van der Waals surface area contributed by atoms with Crippen molar-refractivity contribution in [3.8, 4) is 11.5 Å². The molecule has 7 nitrogen and oxygen atoms in total. The van der Waals surface area contributed by atoms with Gasteiger partial charge in [-0.1, -0.05) is 30.3 Å². The summed E-state index contributed by atoms with van der Waals surface area (Å²) in [5.74, 6) is 3.32. The number of rotatable bonds is 9. The molecule has 3 rings (SSSR count). The number of nitrogens with zero attached hydrogens (tertiary/aromatic N) is 3. The van der Waals surface area contributed by atoms with E-state index in [1.54, 1.807) is 21.3 Å². The van der Waals surface area contributed by atoms with E-state index < -0.39 is 0 Å². The normalized spacial score (nSPS) is 11.2. The zero-order chi connectivity index (χ0) is 21.2. The van der Waals surface area contributed by atoms with E-state index in [0.717, 1.165) is 48.4 Å². The number of aliphatic imine (C=N–C) groups is 1. The first-order chi connectivity index (χ1) is 14.7. The Kier molecular flexibility index (Phi) is 7.71. The van der Waals surface area contributed by atoms with Crippen molar-refractivity contribution in [2.45, 2.75) is 19.5 Å². The summed E-state index contributed by atoms with van der Waals surface area (Å²) in [4.78, 5) is 8.80. The predicted octanol–water partition coefficient (Wildman–Crippen LogP) is 2.86. The van der Waals surface area contributed by atoms with E-state index in [4.69, 9.17) is 9.47 Å². The summed E-state index contributed by atoms with van der Waals surface area (Å²) in [5, 5.41) is 6.67. The minimum Gasteiger partial charge on any atom is -0.497 e. The molecule has 30 heavy (non-hydrogen) atoms. The van der Waals surface area contributed by atoms with E-state index in [0.29, 0.717) is 6.54 Å². The van der Waals surface area contributed by atoms with Crippen LogP contribution >= 0.6 is 0 Å². The molecular weight excluding hydrogens is 378 g/mol. The van der Waals surface area contributed by atoms with E-state index in [9.17, 15) is 0 Å². The van der Waals surface area contributed by atoms with E-state index in [2.05, 4.69) is 49.4 Å². The molecule has 2 aromatic carbocycles. The molecule has 3 aromatic rings. The van der Waals surface area contributed by atoms with Crippen LogP contribution in [-0.2, 0) is 19.5 Å². The second kappa shape index (κ2) is 10.9. The van der Waals surface area contributed by atoms with E-state index in [1.807, 2.05) is 36.7 Å². The Labute approximate surface area is 177 Å². The van der Waals surface area contributed by atoms with Crippen LogP contribution in [0.3, 0.4) is 0 Å². The number of methoxy groups -OCH3 is 2. The van der Waals surface area contributed by atoms with Crippen molar-refractivity contribution >= 4 is 5.96 Å². The lowest BCUT2D eigenvalue weighted by molar-refractivity contribution is 0.390. The topological polar surface area (TPSA) is 72.7 Å². The van der Waals surface area contributed by atoms with Gasteiger partial charge in [-0.25, -0.2) is 4.98 Å². The zero-order valence-electron chi connectivity index (χ0n) is 17.8. The molecule has 0 unspecified atom stereocenters. The monoisotopic (exact) mass is 407 g/mol. The van der Waals surface area contributed by atoms with Crippen LogP contribution in [0.5, 0.6) is 11.5 Å². The lowest BCUT2D eigenvalue weighted by Gasteiger charge is -2.15. The number of guanidine groups is 1. The molecule has 2 N–H and O–H groups in total. The summed E-state index contributed by atoms with van der Waals surface area (Å²) in [7, 11) is 5.06. The highest BCUT2D eigenvalue weighted by Gasteiger charge is 2.07. The maximum Gasteiger partial charge on any atom is 0.191 e. The molecule has 0 saturated carbocycles. The average Bonchev–Trinajstić information content (AvgIpc) is 3.23. The molecule has 0 spiro atoms. The summed E-state index contributed by atoms with van der Waals surface area (Å²) in [6, 6.07) is 16.2. The second-order valence-corrected chi connectivity index (χ2v) is 6.74. The third-order valence-electron chi connectivity index (χ3n) is 4.80. The van der Waals surface area contributed by atoms with Crippen molar-refractivity contribution in [3.63, 3.8) is 0 Å². The Morgan fingerprint density at radius 1 is 1.07 bits per heavy atom. The third-order valence-corrected chi connectivity index (χ3v) is 4.80. The van der Waals surface area contributed by atoms with Gasteiger partial charge in [-0.3, -0.25) is 4.99 Å². The highest BCUT2D eigenvalue weighted by atomic mass is 16.5. The van der Waals surface area contributed by atoms with Crippen molar-refractivity contribution in [1.29, 1.82) is 0 Å². The van der Waals surface area contributed by atoms with E-state index in [1.165, 1.54) is 5.56 Å². The zero-order valence-corrected chi connectivity index (χ0v) is 17.8. The summed E-state index contributed by atoms with van der Waals surface area (Å²) in [6.07, 6.45) is 4.67. The molecule has 1 aromatic heterocycles. The van der Waals surface area contributed by atoms with E-state index in [-0.39, 0.29) is 0 Å². The highest BCUT2D eigenvalue weighted by molar-refractivity contribution is 5.79. The molecule has 0 aliphatic carbocycles. The number of hydrogen-bond acceptors (Lipinski definition) is 4. The maximum atomic E-state index is 5.45. The van der Waals surface area contributed by atoms with Gasteiger partial charge in [0.05, 0.1) is 14.2 Å². The minimum atomic E-state index is 0.593. The molecule has 7 heteroatoms. The van der Waals surface area contributed by atoms with Crippen molar-refractivity contribution in [2.75, 3.05) is 27.8 Å². The second-order valence-electron chi connectivity index (χ2n) is 6.74. The first-order valence-corrected chi connectivity index (χ1v) is 9.93. The fraction of sp³-hybridized carbons (Fsp3) is 0.304. The van der Waals surface area contributed by atoms with Gasteiger partial charge >= 0.3 is 0 Å². The standard InChI is InChI=1S/C23H29N5O2/c1-24-23(27-16-19-9-10-20(29-2)15-21(19)30-3)26-12-11-22-25-13-14-28(22)17-18-7-5-4-6-8-18/h4-10,13-15H,11-12,16-17H2,1-3H3,(H2,24,26,27). The van der Waals surface area contributed by atoms with Gasteiger partial charge in [0.25, 0.3) is 0 Å². The van der Waals surface area contributed by atoms with Crippen molar-refractivity contribution < 1.29 is 9.47 Å². The fourth-order valence-electron chi connectivity index (χ4n) is 3.18. The summed E-state index contributed by atoms with van der Waals surface area (Å²) >= 11 is 0. The number of benzene rings is 2. The smallest absolute Gasteiger partial charge is 0.191 e. The lowest BCUT2D eigenvalue weighted by atomic mass is 10.2. The van der Waals surface area contributed by atoms with E-state index >= 15 is 0 Å². The quantitative estimate of drug-likeness (QED) is 0.422. The summed E-state index contributed by atoms with van der Waals surface area (Å²) < 4.78 is 12.9. The van der Waals surface area contributed by atoms with Crippen molar-refractivity contribution in [1.82, 2.24) is 20.2 Å². The molecule has 0 amide bonds. The number of hydrogen-bond donors (Lipinski definition) is 2. The van der Waals surface area contributed by atoms with Crippen molar-refractivity contribution in [2.24, 2.45) is 4.99 Å². The molecule has 0 aliphatic heterocycles. The minimum absolute atomic E-state index is 0.593. The molecule has 158 valence electrons. The molecule has 0 radical (unpaired) electrons. The van der Waals surface area contributed by atoms with Gasteiger partial charge in [-0.15, -0.1) is 0 Å². The summed E-state index contributed by atoms with van der Waals surface area (Å²) in [5.41, 5.74) is 2.29. The van der Waals surface area contributed by atoms with Gasteiger partial charge in [-0.2, -0.15) is 0 Å². The fourth-order valence-corrected chi connectivity index (χ4v) is 3.18. The molecule has 0 aliphatic rings. The molecular formula is C23H29N5O2. The number of aromatic nitrogens is 2. The molecule has 0 bridgehead atoms. The molecule has 0 fully saturated rings. The number of ether oxygens (including phenoxy) is 2. The Balaban J connectivity index is 1.51. The van der Waals surface area contributed by atoms with Crippen LogP contribution in [0.4, 0.5) is 0 Å². The first kappa shape index (κ1) is 21.2. The highest BCUT2D eigenvalue weighted by Crippen LogP contribution is 2.24. The lowest BCUT2D eigenvalue weighted by Crippen LogP contribution is -2.38. The van der Waals surface area contributed by atoms with Gasteiger partial charge in [-0.05, 0) is 17.7 Å². The third kappa shape index (κ3) is 5.76. The average molecular weight is 408 g/mol. The van der Waals surface area contributed by atoms with Crippen LogP contribution in [0.1, 0.15) is 17.0 Å². The van der Waals surface area contributed by atoms with Gasteiger partial charge in [0.2, 0.25) is 0 Å². The first-order valence-electron chi connectivity index (χ1n) is 9.93. The van der Waals surface area contributed by atoms with Gasteiger partial charge in [0.15, 0.2) is 5.96 Å². The van der Waals surface area contributed by atoms with Gasteiger partial charge in [0.1, 0.15) is 17.3 Å². The Morgan fingerprint density at radius 3 is 2.63 bits per heavy atom. The Bertz CT molecular complexity index is 953. The van der Waals surface area contributed by atoms with Crippen LogP contribution in [0.25, 0.3) is 0 Å². The maximum absolute atomic E-state index is 5.45.